The summed E-state index contributed by atoms with van der Waals surface area (Å²) in [6.07, 6.45) is 1.56. The standard InChI is InChI=1S/C16H18N2O3/c1-11-6-7-13(12(2)9-11)17-15(19)10-18-8-4-5-14(21-3)16(18)20/h4-9H,10H2,1-3H3,(H,17,19). The minimum absolute atomic E-state index is 0.0522. The van der Waals surface area contributed by atoms with E-state index in [0.717, 1.165) is 16.8 Å². The van der Waals surface area contributed by atoms with E-state index in [1.54, 1.807) is 18.3 Å². The topological polar surface area (TPSA) is 60.3 Å². The Kier molecular flexibility index (Phi) is 4.42. The lowest BCUT2D eigenvalue weighted by molar-refractivity contribution is -0.116. The van der Waals surface area contributed by atoms with E-state index in [2.05, 4.69) is 5.32 Å². The average Bonchev–Trinajstić information content (AvgIpc) is 2.44. The van der Waals surface area contributed by atoms with Crippen LogP contribution in [-0.2, 0) is 11.3 Å². The Morgan fingerprint density at radius 2 is 2.05 bits per heavy atom. The number of aromatic nitrogens is 1. The molecule has 0 bridgehead atoms. The molecule has 0 fully saturated rings. The first-order chi connectivity index (χ1) is 10.0. The van der Waals surface area contributed by atoms with E-state index in [-0.39, 0.29) is 23.8 Å². The van der Waals surface area contributed by atoms with Gasteiger partial charge in [0.15, 0.2) is 5.75 Å². The maximum Gasteiger partial charge on any atom is 0.293 e. The van der Waals surface area contributed by atoms with E-state index in [0.29, 0.717) is 0 Å². The van der Waals surface area contributed by atoms with Gasteiger partial charge in [-0.15, -0.1) is 0 Å². The van der Waals surface area contributed by atoms with Gasteiger partial charge in [0.1, 0.15) is 6.54 Å². The first-order valence-corrected chi connectivity index (χ1v) is 6.62. The van der Waals surface area contributed by atoms with Crippen molar-refractivity contribution in [1.29, 1.82) is 0 Å². The zero-order valence-corrected chi connectivity index (χ0v) is 12.3. The number of methoxy groups -OCH3 is 1. The minimum atomic E-state index is -0.323. The third-order valence-electron chi connectivity index (χ3n) is 3.18. The zero-order chi connectivity index (χ0) is 15.4. The fourth-order valence-corrected chi connectivity index (χ4v) is 2.09. The Labute approximate surface area is 123 Å². The monoisotopic (exact) mass is 286 g/mol. The van der Waals surface area contributed by atoms with E-state index in [9.17, 15) is 9.59 Å². The van der Waals surface area contributed by atoms with Gasteiger partial charge in [-0.1, -0.05) is 17.7 Å². The quantitative estimate of drug-likeness (QED) is 0.936. The van der Waals surface area contributed by atoms with E-state index >= 15 is 0 Å². The van der Waals surface area contributed by atoms with Crippen LogP contribution in [0.1, 0.15) is 11.1 Å². The Hall–Kier alpha value is -2.56. The molecule has 1 heterocycles. The maximum atomic E-state index is 12.1. The van der Waals surface area contributed by atoms with Gasteiger partial charge >= 0.3 is 0 Å². The molecule has 0 saturated carbocycles. The molecule has 1 aromatic carbocycles. The van der Waals surface area contributed by atoms with Crippen molar-refractivity contribution in [2.24, 2.45) is 0 Å². The summed E-state index contributed by atoms with van der Waals surface area (Å²) in [4.78, 5) is 24.0. The van der Waals surface area contributed by atoms with Gasteiger partial charge in [-0.25, -0.2) is 0 Å². The van der Waals surface area contributed by atoms with E-state index in [4.69, 9.17) is 4.74 Å². The smallest absolute Gasteiger partial charge is 0.293 e. The maximum absolute atomic E-state index is 12.1. The molecule has 1 N–H and O–H groups in total. The number of carbonyl (C=O) groups excluding carboxylic acids is 1. The van der Waals surface area contributed by atoms with Crippen molar-refractivity contribution in [1.82, 2.24) is 4.57 Å². The molecule has 110 valence electrons. The van der Waals surface area contributed by atoms with E-state index in [1.165, 1.54) is 11.7 Å². The number of aryl methyl sites for hydroxylation is 2. The van der Waals surface area contributed by atoms with Crippen molar-refractivity contribution >= 4 is 11.6 Å². The molecule has 0 aliphatic carbocycles. The Bertz CT molecular complexity index is 720. The second-order valence-corrected chi connectivity index (χ2v) is 4.88. The molecule has 0 aliphatic rings. The van der Waals surface area contributed by atoms with Crippen molar-refractivity contribution < 1.29 is 9.53 Å². The molecule has 5 heteroatoms. The van der Waals surface area contributed by atoms with Crippen LogP contribution in [0, 0.1) is 13.8 Å². The number of amides is 1. The highest BCUT2D eigenvalue weighted by atomic mass is 16.5. The SMILES string of the molecule is COc1cccn(CC(=O)Nc2ccc(C)cc2C)c1=O. The third-order valence-corrected chi connectivity index (χ3v) is 3.18. The lowest BCUT2D eigenvalue weighted by Crippen LogP contribution is -2.27. The second kappa shape index (κ2) is 6.26. The summed E-state index contributed by atoms with van der Waals surface area (Å²) in [5.41, 5.74) is 2.55. The van der Waals surface area contributed by atoms with Crippen LogP contribution in [0.25, 0.3) is 0 Å². The molecule has 0 saturated heterocycles. The van der Waals surface area contributed by atoms with Crippen LogP contribution in [0.3, 0.4) is 0 Å². The van der Waals surface area contributed by atoms with E-state index in [1.807, 2.05) is 32.0 Å². The summed E-state index contributed by atoms with van der Waals surface area (Å²) in [6.45, 7) is 3.87. The van der Waals surface area contributed by atoms with Crippen molar-refractivity contribution in [3.8, 4) is 5.75 Å². The lowest BCUT2D eigenvalue weighted by Gasteiger charge is -2.11. The van der Waals surface area contributed by atoms with Gasteiger partial charge in [-0.2, -0.15) is 0 Å². The number of nitrogens with one attached hydrogen (secondary N) is 1. The number of ether oxygens (including phenoxy) is 1. The molecule has 0 unspecified atom stereocenters. The van der Waals surface area contributed by atoms with Crippen LogP contribution in [0.15, 0.2) is 41.3 Å². The minimum Gasteiger partial charge on any atom is -0.491 e. The number of hydrogen-bond acceptors (Lipinski definition) is 3. The molecule has 1 aromatic heterocycles. The fraction of sp³-hybridized carbons (Fsp3) is 0.250. The van der Waals surface area contributed by atoms with Crippen LogP contribution in [0.2, 0.25) is 0 Å². The summed E-state index contributed by atoms with van der Waals surface area (Å²) in [5, 5.41) is 2.81. The van der Waals surface area contributed by atoms with Gasteiger partial charge in [0, 0.05) is 11.9 Å². The normalized spacial score (nSPS) is 10.2. The molecule has 0 atom stereocenters. The largest absolute Gasteiger partial charge is 0.491 e. The van der Waals surface area contributed by atoms with Crippen molar-refractivity contribution in [2.75, 3.05) is 12.4 Å². The summed E-state index contributed by atoms with van der Waals surface area (Å²) in [6, 6.07) is 9.02. The fourth-order valence-electron chi connectivity index (χ4n) is 2.09. The molecule has 5 nitrogen and oxygen atoms in total. The number of benzene rings is 1. The number of hydrogen-bond donors (Lipinski definition) is 1. The molecule has 0 aliphatic heterocycles. The van der Waals surface area contributed by atoms with Crippen molar-refractivity contribution in [3.63, 3.8) is 0 Å². The number of pyridine rings is 1. The molecular weight excluding hydrogens is 268 g/mol. The van der Waals surface area contributed by atoms with Gasteiger partial charge in [0.2, 0.25) is 5.91 Å². The van der Waals surface area contributed by atoms with Crippen molar-refractivity contribution in [3.05, 3.63) is 58.0 Å². The van der Waals surface area contributed by atoms with Crippen LogP contribution in [-0.4, -0.2) is 17.6 Å². The predicted octanol–water partition coefficient (Wildman–Crippen LogP) is 2.11. The highest BCUT2D eigenvalue weighted by Gasteiger charge is 2.09. The molecular formula is C16H18N2O3. The zero-order valence-electron chi connectivity index (χ0n) is 12.3. The first-order valence-electron chi connectivity index (χ1n) is 6.62. The number of anilines is 1. The van der Waals surface area contributed by atoms with Gasteiger partial charge in [0.05, 0.1) is 7.11 Å². The molecule has 1 amide bonds. The van der Waals surface area contributed by atoms with E-state index < -0.39 is 0 Å². The highest BCUT2D eigenvalue weighted by molar-refractivity contribution is 5.91. The van der Waals surface area contributed by atoms with Gasteiger partial charge in [0.25, 0.3) is 5.56 Å². The number of nitrogens with zero attached hydrogens (tertiary/aromatic N) is 1. The van der Waals surface area contributed by atoms with Crippen LogP contribution >= 0.6 is 0 Å². The van der Waals surface area contributed by atoms with Crippen LogP contribution in [0.5, 0.6) is 5.75 Å². The van der Waals surface area contributed by atoms with Gasteiger partial charge in [-0.05, 0) is 37.6 Å². The second-order valence-electron chi connectivity index (χ2n) is 4.88. The van der Waals surface area contributed by atoms with Gasteiger partial charge in [-0.3, -0.25) is 9.59 Å². The first kappa shape index (κ1) is 14.8. The Morgan fingerprint density at radius 3 is 2.71 bits per heavy atom. The molecule has 21 heavy (non-hydrogen) atoms. The van der Waals surface area contributed by atoms with Crippen molar-refractivity contribution in [2.45, 2.75) is 20.4 Å². The molecule has 0 spiro atoms. The summed E-state index contributed by atoms with van der Waals surface area (Å²) in [5.74, 6) is -0.0332. The predicted molar refractivity (Wildman–Crippen MR) is 81.8 cm³/mol. The highest BCUT2D eigenvalue weighted by Crippen LogP contribution is 2.15. The summed E-state index contributed by atoms with van der Waals surface area (Å²) < 4.78 is 6.27. The van der Waals surface area contributed by atoms with Crippen LogP contribution in [0.4, 0.5) is 5.69 Å². The Morgan fingerprint density at radius 1 is 1.29 bits per heavy atom. The summed E-state index contributed by atoms with van der Waals surface area (Å²) in [7, 11) is 1.43. The third kappa shape index (κ3) is 3.51. The average molecular weight is 286 g/mol. The molecule has 2 aromatic rings. The lowest BCUT2D eigenvalue weighted by atomic mass is 10.1. The molecule has 2 rings (SSSR count). The molecule has 0 radical (unpaired) electrons. The number of rotatable bonds is 4. The van der Waals surface area contributed by atoms with Gasteiger partial charge < -0.3 is 14.6 Å². The summed E-state index contributed by atoms with van der Waals surface area (Å²) >= 11 is 0. The number of carbonyl (C=O) groups is 1. The van der Waals surface area contributed by atoms with Crippen LogP contribution < -0.4 is 15.6 Å². The Balaban J connectivity index is 2.14.